The third-order valence-corrected chi connectivity index (χ3v) is 3.07. The van der Waals surface area contributed by atoms with Gasteiger partial charge in [-0.15, -0.1) is 0 Å². The third kappa shape index (κ3) is 2.52. The lowest BCUT2D eigenvalue weighted by Crippen LogP contribution is -1.97. The molecular formula is C8H3I2NO3. The number of isocyanates is 1. The lowest BCUT2D eigenvalue weighted by molar-refractivity contribution is 0.0697. The molecular weight excluding hydrogens is 412 g/mol. The van der Waals surface area contributed by atoms with Gasteiger partial charge in [0, 0.05) is 7.14 Å². The number of benzene rings is 1. The zero-order chi connectivity index (χ0) is 10.7. The predicted molar refractivity (Wildman–Crippen MR) is 66.6 cm³/mol. The van der Waals surface area contributed by atoms with E-state index in [1.165, 1.54) is 18.2 Å². The molecule has 0 saturated heterocycles. The third-order valence-electron chi connectivity index (χ3n) is 1.42. The predicted octanol–water partition coefficient (Wildman–Crippen LogP) is 2.56. The van der Waals surface area contributed by atoms with E-state index in [4.69, 9.17) is 5.11 Å². The first-order valence-electron chi connectivity index (χ1n) is 3.36. The van der Waals surface area contributed by atoms with Crippen LogP contribution in [0.3, 0.4) is 0 Å². The Hall–Kier alpha value is -0.470. The standard InChI is InChI=1S/C8H3I2NO3/c9-5-1-4(8(13)14)2-6(10)7(5)11-3-12/h1-2H,(H,13,14). The lowest BCUT2D eigenvalue weighted by atomic mass is 10.2. The van der Waals surface area contributed by atoms with Crippen LogP contribution in [0, 0.1) is 7.14 Å². The van der Waals surface area contributed by atoms with Crippen molar-refractivity contribution in [2.75, 3.05) is 0 Å². The van der Waals surface area contributed by atoms with E-state index in [1.54, 1.807) is 0 Å². The molecule has 0 aliphatic heterocycles. The van der Waals surface area contributed by atoms with Crippen LogP contribution in [0.1, 0.15) is 10.4 Å². The van der Waals surface area contributed by atoms with E-state index < -0.39 is 5.97 Å². The zero-order valence-electron chi connectivity index (χ0n) is 6.62. The summed E-state index contributed by atoms with van der Waals surface area (Å²) in [7, 11) is 0. The number of rotatable bonds is 2. The van der Waals surface area contributed by atoms with Crippen LogP contribution in [0.15, 0.2) is 17.1 Å². The van der Waals surface area contributed by atoms with Crippen LogP contribution in [0.25, 0.3) is 0 Å². The molecule has 1 aromatic rings. The zero-order valence-corrected chi connectivity index (χ0v) is 10.9. The smallest absolute Gasteiger partial charge is 0.335 e. The van der Waals surface area contributed by atoms with Crippen LogP contribution < -0.4 is 0 Å². The molecule has 14 heavy (non-hydrogen) atoms. The van der Waals surface area contributed by atoms with Gasteiger partial charge < -0.3 is 5.11 Å². The van der Waals surface area contributed by atoms with E-state index in [9.17, 15) is 9.59 Å². The number of hydrogen-bond acceptors (Lipinski definition) is 3. The maximum absolute atomic E-state index is 10.7. The normalized spacial score (nSPS) is 9.29. The molecule has 0 heterocycles. The molecule has 0 aliphatic carbocycles. The van der Waals surface area contributed by atoms with Crippen molar-refractivity contribution in [3.05, 3.63) is 24.8 Å². The van der Waals surface area contributed by atoms with E-state index in [0.29, 0.717) is 12.8 Å². The molecule has 6 heteroatoms. The first-order chi connectivity index (χ1) is 6.56. The maximum atomic E-state index is 10.7. The van der Waals surface area contributed by atoms with E-state index in [1.807, 2.05) is 45.2 Å². The molecule has 0 saturated carbocycles. The molecule has 72 valence electrons. The summed E-state index contributed by atoms with van der Waals surface area (Å²) in [6.07, 6.45) is 1.43. The van der Waals surface area contributed by atoms with Crippen molar-refractivity contribution in [3.8, 4) is 0 Å². The van der Waals surface area contributed by atoms with Crippen LogP contribution in [0.4, 0.5) is 5.69 Å². The Morgan fingerprint density at radius 1 is 1.36 bits per heavy atom. The molecule has 0 bridgehead atoms. The second kappa shape index (κ2) is 4.85. The number of carboxylic acids is 1. The number of aromatic carboxylic acids is 1. The van der Waals surface area contributed by atoms with Gasteiger partial charge in [0.1, 0.15) is 5.69 Å². The summed E-state index contributed by atoms with van der Waals surface area (Å²) in [4.78, 5) is 24.2. The van der Waals surface area contributed by atoms with Crippen LogP contribution >= 0.6 is 45.2 Å². The van der Waals surface area contributed by atoms with Gasteiger partial charge in [-0.2, -0.15) is 4.99 Å². The van der Waals surface area contributed by atoms with Crippen molar-refractivity contribution in [3.63, 3.8) is 0 Å². The Morgan fingerprint density at radius 2 is 1.86 bits per heavy atom. The Morgan fingerprint density at radius 3 is 2.21 bits per heavy atom. The van der Waals surface area contributed by atoms with Gasteiger partial charge in [-0.3, -0.25) is 0 Å². The number of nitrogens with zero attached hydrogens (tertiary/aromatic N) is 1. The monoisotopic (exact) mass is 415 g/mol. The van der Waals surface area contributed by atoms with Crippen LogP contribution in [0.2, 0.25) is 0 Å². The number of carboxylic acid groups (broad SMARTS) is 1. The molecule has 0 fully saturated rings. The van der Waals surface area contributed by atoms with Crippen molar-refractivity contribution in [1.82, 2.24) is 0 Å². The molecule has 4 nitrogen and oxygen atoms in total. The highest BCUT2D eigenvalue weighted by Crippen LogP contribution is 2.28. The van der Waals surface area contributed by atoms with Gasteiger partial charge >= 0.3 is 5.97 Å². The fraction of sp³-hybridized carbons (Fsp3) is 0. The number of halogens is 2. The molecule has 1 rings (SSSR count). The van der Waals surface area contributed by atoms with Gasteiger partial charge in [0.05, 0.1) is 5.56 Å². The SMILES string of the molecule is O=C=Nc1c(I)cc(C(=O)O)cc1I. The molecule has 0 spiro atoms. The van der Waals surface area contributed by atoms with E-state index in [-0.39, 0.29) is 5.56 Å². The fourth-order valence-electron chi connectivity index (χ4n) is 0.841. The highest BCUT2D eigenvalue weighted by molar-refractivity contribution is 14.1. The minimum atomic E-state index is -0.998. The van der Waals surface area contributed by atoms with Gasteiger partial charge in [-0.25, -0.2) is 9.59 Å². The minimum Gasteiger partial charge on any atom is -0.478 e. The summed E-state index contributed by atoms with van der Waals surface area (Å²) in [6.45, 7) is 0. The Bertz CT molecular complexity index is 415. The highest BCUT2D eigenvalue weighted by Gasteiger charge is 2.10. The van der Waals surface area contributed by atoms with Gasteiger partial charge in [0.25, 0.3) is 0 Å². The molecule has 0 aliphatic rings. The summed E-state index contributed by atoms with van der Waals surface area (Å²) in [5, 5.41) is 8.74. The van der Waals surface area contributed by atoms with Crippen molar-refractivity contribution in [1.29, 1.82) is 0 Å². The van der Waals surface area contributed by atoms with Crippen molar-refractivity contribution in [2.24, 2.45) is 4.99 Å². The minimum absolute atomic E-state index is 0.184. The second-order valence-corrected chi connectivity index (χ2v) is 4.62. The van der Waals surface area contributed by atoms with E-state index in [2.05, 4.69) is 4.99 Å². The van der Waals surface area contributed by atoms with Gasteiger partial charge in [0.2, 0.25) is 6.08 Å². The second-order valence-electron chi connectivity index (χ2n) is 2.30. The molecule has 1 aromatic carbocycles. The van der Waals surface area contributed by atoms with Crippen molar-refractivity contribution < 1.29 is 14.7 Å². The summed E-state index contributed by atoms with van der Waals surface area (Å²) in [6, 6.07) is 2.92. The fourth-order valence-corrected chi connectivity index (χ4v) is 2.85. The summed E-state index contributed by atoms with van der Waals surface area (Å²) < 4.78 is 1.24. The van der Waals surface area contributed by atoms with Crippen LogP contribution in [0.5, 0.6) is 0 Å². The summed E-state index contributed by atoms with van der Waals surface area (Å²) in [5.74, 6) is -0.998. The largest absolute Gasteiger partial charge is 0.478 e. The van der Waals surface area contributed by atoms with E-state index in [0.717, 1.165) is 0 Å². The van der Waals surface area contributed by atoms with Gasteiger partial charge in [-0.1, -0.05) is 0 Å². The first kappa shape index (κ1) is 11.6. The van der Waals surface area contributed by atoms with Gasteiger partial charge in [-0.05, 0) is 57.3 Å². The first-order valence-corrected chi connectivity index (χ1v) is 5.52. The summed E-state index contributed by atoms with van der Waals surface area (Å²) >= 11 is 3.86. The van der Waals surface area contributed by atoms with Crippen molar-refractivity contribution >= 4 is 62.9 Å². The topological polar surface area (TPSA) is 66.7 Å². The number of carbonyl (C=O) groups excluding carboxylic acids is 1. The molecule has 1 N–H and O–H groups in total. The Labute approximate surface area is 107 Å². The Balaban J connectivity index is 3.39. The molecule has 0 atom stereocenters. The maximum Gasteiger partial charge on any atom is 0.335 e. The number of aliphatic imine (C=N–C) groups is 1. The average molecular weight is 415 g/mol. The quantitative estimate of drug-likeness (QED) is 0.459. The molecule has 0 aromatic heterocycles. The molecule has 0 radical (unpaired) electrons. The summed E-state index contributed by atoms with van der Waals surface area (Å²) in [5.41, 5.74) is 0.648. The number of hydrogen-bond donors (Lipinski definition) is 1. The van der Waals surface area contributed by atoms with E-state index >= 15 is 0 Å². The van der Waals surface area contributed by atoms with Crippen LogP contribution in [-0.2, 0) is 4.79 Å². The lowest BCUT2D eigenvalue weighted by Gasteiger charge is -2.01. The molecule has 0 unspecified atom stereocenters. The Kier molecular flexibility index (Phi) is 4.02. The number of carbonyl (C=O) groups is 1. The highest BCUT2D eigenvalue weighted by atomic mass is 127. The molecule has 0 amide bonds. The van der Waals surface area contributed by atoms with Gasteiger partial charge in [0.15, 0.2) is 0 Å². The average Bonchev–Trinajstić information content (AvgIpc) is 2.10. The van der Waals surface area contributed by atoms with Crippen LogP contribution in [-0.4, -0.2) is 17.2 Å². The van der Waals surface area contributed by atoms with Crippen molar-refractivity contribution in [2.45, 2.75) is 0 Å².